The number of benzene rings is 1. The van der Waals surface area contributed by atoms with Gasteiger partial charge in [-0.2, -0.15) is 0 Å². The zero-order valence-electron chi connectivity index (χ0n) is 12.7. The second kappa shape index (κ2) is 5.78. The maximum atomic E-state index is 6.42. The van der Waals surface area contributed by atoms with E-state index < -0.39 is 0 Å². The summed E-state index contributed by atoms with van der Waals surface area (Å²) in [6.07, 6.45) is 4.47. The van der Waals surface area contributed by atoms with E-state index in [2.05, 4.69) is 30.8 Å². The minimum atomic E-state index is -0.354. The van der Waals surface area contributed by atoms with E-state index in [0.717, 1.165) is 38.2 Å². The van der Waals surface area contributed by atoms with Gasteiger partial charge in [0.2, 0.25) is 0 Å². The van der Waals surface area contributed by atoms with Crippen LogP contribution in [-0.2, 0) is 24.5 Å². The Labute approximate surface area is 131 Å². The average Bonchev–Trinajstić information content (AvgIpc) is 3.36. The standard InChI is InChI=1S/C18H22O4/c1-2-13-4-3-5-14(6-13)18(7-15-9-19-15,8-16-10-20-16)22-12-17-11-21-17/h2-6,15-17H,1,7-12H2. The molecule has 3 heterocycles. The highest BCUT2D eigenvalue weighted by Gasteiger charge is 2.45. The molecule has 22 heavy (non-hydrogen) atoms. The van der Waals surface area contributed by atoms with Crippen molar-refractivity contribution in [2.45, 2.75) is 36.8 Å². The van der Waals surface area contributed by atoms with E-state index in [-0.39, 0.29) is 11.7 Å². The summed E-state index contributed by atoms with van der Waals surface area (Å²) in [5.41, 5.74) is 1.95. The van der Waals surface area contributed by atoms with Gasteiger partial charge in [-0.05, 0) is 17.2 Å². The van der Waals surface area contributed by atoms with Crippen LogP contribution >= 0.6 is 0 Å². The fourth-order valence-corrected chi connectivity index (χ4v) is 2.99. The first-order valence-electron chi connectivity index (χ1n) is 7.99. The van der Waals surface area contributed by atoms with E-state index in [1.807, 2.05) is 6.08 Å². The summed E-state index contributed by atoms with van der Waals surface area (Å²) in [5, 5.41) is 0. The minimum Gasteiger partial charge on any atom is -0.373 e. The second-order valence-electron chi connectivity index (χ2n) is 6.41. The van der Waals surface area contributed by atoms with Gasteiger partial charge in [0.25, 0.3) is 0 Å². The maximum absolute atomic E-state index is 6.42. The molecule has 0 amide bonds. The third-order valence-corrected chi connectivity index (χ3v) is 4.52. The van der Waals surface area contributed by atoms with Gasteiger partial charge >= 0.3 is 0 Å². The predicted molar refractivity (Wildman–Crippen MR) is 82.6 cm³/mol. The molecule has 3 aliphatic heterocycles. The largest absolute Gasteiger partial charge is 0.373 e. The van der Waals surface area contributed by atoms with Crippen LogP contribution in [0.4, 0.5) is 0 Å². The zero-order valence-corrected chi connectivity index (χ0v) is 12.7. The van der Waals surface area contributed by atoms with E-state index >= 15 is 0 Å². The van der Waals surface area contributed by atoms with Crippen molar-refractivity contribution in [2.24, 2.45) is 0 Å². The van der Waals surface area contributed by atoms with Crippen LogP contribution in [0, 0.1) is 0 Å². The molecule has 0 spiro atoms. The fourth-order valence-electron chi connectivity index (χ4n) is 2.99. The molecule has 0 saturated carbocycles. The Hall–Kier alpha value is -1.20. The number of hydrogen-bond donors (Lipinski definition) is 0. The maximum Gasteiger partial charge on any atom is 0.104 e. The van der Waals surface area contributed by atoms with E-state index in [1.165, 1.54) is 5.56 Å². The molecule has 0 N–H and O–H groups in total. The van der Waals surface area contributed by atoms with Crippen LogP contribution in [0.25, 0.3) is 6.08 Å². The van der Waals surface area contributed by atoms with Gasteiger partial charge in [0, 0.05) is 12.8 Å². The number of rotatable bonds is 9. The van der Waals surface area contributed by atoms with Crippen molar-refractivity contribution in [2.75, 3.05) is 26.4 Å². The molecule has 4 nitrogen and oxygen atoms in total. The zero-order chi connectivity index (χ0) is 15.0. The first-order valence-corrected chi connectivity index (χ1v) is 7.99. The molecule has 0 aliphatic carbocycles. The van der Waals surface area contributed by atoms with Crippen molar-refractivity contribution < 1.29 is 18.9 Å². The Bertz CT molecular complexity index is 530. The lowest BCUT2D eigenvalue weighted by Crippen LogP contribution is -2.35. The first kappa shape index (κ1) is 14.4. The Morgan fingerprint density at radius 1 is 1.09 bits per heavy atom. The molecule has 3 saturated heterocycles. The molecule has 3 aliphatic rings. The van der Waals surface area contributed by atoms with Crippen LogP contribution in [0.15, 0.2) is 30.8 Å². The molecule has 1 aromatic rings. The van der Waals surface area contributed by atoms with E-state index in [0.29, 0.717) is 18.8 Å². The van der Waals surface area contributed by atoms with Crippen molar-refractivity contribution >= 4 is 6.08 Å². The highest BCUT2D eigenvalue weighted by Crippen LogP contribution is 2.42. The molecular weight excluding hydrogens is 280 g/mol. The van der Waals surface area contributed by atoms with Crippen LogP contribution in [0.5, 0.6) is 0 Å². The highest BCUT2D eigenvalue weighted by molar-refractivity contribution is 5.49. The lowest BCUT2D eigenvalue weighted by molar-refractivity contribution is -0.0762. The third kappa shape index (κ3) is 3.41. The average molecular weight is 302 g/mol. The van der Waals surface area contributed by atoms with E-state index in [4.69, 9.17) is 18.9 Å². The van der Waals surface area contributed by atoms with Gasteiger partial charge in [0.15, 0.2) is 0 Å². The summed E-state index contributed by atoms with van der Waals surface area (Å²) in [6.45, 7) is 6.98. The van der Waals surface area contributed by atoms with Gasteiger partial charge in [0.1, 0.15) is 6.10 Å². The molecule has 4 rings (SSSR count). The second-order valence-corrected chi connectivity index (χ2v) is 6.41. The van der Waals surface area contributed by atoms with Crippen molar-refractivity contribution in [3.8, 4) is 0 Å². The van der Waals surface area contributed by atoms with Crippen LogP contribution in [0.2, 0.25) is 0 Å². The molecule has 3 atom stereocenters. The van der Waals surface area contributed by atoms with Gasteiger partial charge in [-0.15, -0.1) is 0 Å². The molecule has 1 aromatic carbocycles. The molecular formula is C18H22O4. The number of ether oxygens (including phenoxy) is 4. The molecule has 0 aromatic heterocycles. The summed E-state index contributed by atoms with van der Waals surface area (Å²) in [7, 11) is 0. The van der Waals surface area contributed by atoms with Crippen molar-refractivity contribution in [3.05, 3.63) is 42.0 Å². The number of epoxide rings is 3. The lowest BCUT2D eigenvalue weighted by atomic mass is 9.83. The smallest absolute Gasteiger partial charge is 0.104 e. The topological polar surface area (TPSA) is 46.8 Å². The summed E-state index contributed by atoms with van der Waals surface area (Å²) >= 11 is 0. The Kier molecular flexibility index (Phi) is 3.78. The fraction of sp³-hybridized carbons (Fsp3) is 0.556. The monoisotopic (exact) mass is 302 g/mol. The first-order chi connectivity index (χ1) is 10.8. The van der Waals surface area contributed by atoms with Gasteiger partial charge in [-0.1, -0.05) is 30.9 Å². The molecule has 3 fully saturated rings. The summed E-state index contributed by atoms with van der Waals surface area (Å²) in [6, 6.07) is 8.45. The van der Waals surface area contributed by atoms with E-state index in [9.17, 15) is 0 Å². The van der Waals surface area contributed by atoms with Gasteiger partial charge in [-0.25, -0.2) is 0 Å². The predicted octanol–water partition coefficient (Wildman–Crippen LogP) is 2.52. The van der Waals surface area contributed by atoms with Crippen molar-refractivity contribution in [1.82, 2.24) is 0 Å². The quantitative estimate of drug-likeness (QED) is 0.658. The Balaban J connectivity index is 1.63. The Morgan fingerprint density at radius 3 is 2.27 bits per heavy atom. The van der Waals surface area contributed by atoms with E-state index in [1.54, 1.807) is 0 Å². The van der Waals surface area contributed by atoms with Crippen LogP contribution in [0.1, 0.15) is 24.0 Å². The van der Waals surface area contributed by atoms with Crippen LogP contribution in [0.3, 0.4) is 0 Å². The molecule has 0 radical (unpaired) electrons. The normalized spacial score (nSPS) is 31.4. The number of hydrogen-bond acceptors (Lipinski definition) is 4. The molecule has 3 unspecified atom stereocenters. The molecule has 0 bridgehead atoms. The van der Waals surface area contributed by atoms with Gasteiger partial charge < -0.3 is 18.9 Å². The van der Waals surface area contributed by atoms with Crippen molar-refractivity contribution in [1.29, 1.82) is 0 Å². The van der Waals surface area contributed by atoms with Crippen LogP contribution in [-0.4, -0.2) is 44.7 Å². The van der Waals surface area contributed by atoms with Crippen LogP contribution < -0.4 is 0 Å². The summed E-state index contributed by atoms with van der Waals surface area (Å²) in [4.78, 5) is 0. The minimum absolute atomic E-state index is 0.252. The van der Waals surface area contributed by atoms with Gasteiger partial charge in [0.05, 0.1) is 44.2 Å². The molecule has 118 valence electrons. The highest BCUT2D eigenvalue weighted by atomic mass is 16.6. The summed E-state index contributed by atoms with van der Waals surface area (Å²) < 4.78 is 22.7. The lowest BCUT2D eigenvalue weighted by Gasteiger charge is -2.34. The molecule has 4 heteroatoms. The summed E-state index contributed by atoms with van der Waals surface area (Å²) in [5.74, 6) is 0. The van der Waals surface area contributed by atoms with Gasteiger partial charge in [-0.3, -0.25) is 0 Å². The SMILES string of the molecule is C=Cc1cccc(C(CC2CO2)(CC2CO2)OCC2CO2)c1. The Morgan fingerprint density at radius 2 is 1.73 bits per heavy atom. The van der Waals surface area contributed by atoms with Crippen molar-refractivity contribution in [3.63, 3.8) is 0 Å². The third-order valence-electron chi connectivity index (χ3n) is 4.52.